The van der Waals surface area contributed by atoms with Gasteiger partial charge in [0, 0.05) is 0 Å². The first-order valence-corrected chi connectivity index (χ1v) is 10.2. The monoisotopic (exact) mass is 348 g/mol. The van der Waals surface area contributed by atoms with Gasteiger partial charge >= 0.3 is 0 Å². The Labute approximate surface area is 149 Å². The molecule has 2 nitrogen and oxygen atoms in total. The maximum atomic E-state index is 9.70. The van der Waals surface area contributed by atoms with Gasteiger partial charge in [0.2, 0.25) is 0 Å². The fraction of sp³-hybridized carbons (Fsp3) is 0.714. The van der Waals surface area contributed by atoms with E-state index in [9.17, 15) is 5.11 Å². The molecule has 2 aliphatic carbocycles. The van der Waals surface area contributed by atoms with Crippen LogP contribution in [0.1, 0.15) is 76.7 Å². The minimum atomic E-state index is -0.215. The largest absolute Gasteiger partial charge is 0.484 e. The van der Waals surface area contributed by atoms with E-state index in [1.807, 2.05) is 0 Å². The number of hydrogen-bond acceptors (Lipinski definition) is 2. The molecule has 0 aliphatic heterocycles. The first kappa shape index (κ1) is 18.2. The Balaban J connectivity index is 1.51. The number of aliphatic hydroxyl groups is 1. The molecule has 0 aromatic heterocycles. The fourth-order valence-corrected chi connectivity index (χ4v) is 4.74. The lowest BCUT2D eigenvalue weighted by Gasteiger charge is -2.37. The summed E-state index contributed by atoms with van der Waals surface area (Å²) in [4.78, 5) is 0. The van der Waals surface area contributed by atoms with Gasteiger partial charge in [-0.2, -0.15) is 0 Å². The topological polar surface area (TPSA) is 29.5 Å². The van der Waals surface area contributed by atoms with Gasteiger partial charge in [0.25, 0.3) is 0 Å². The zero-order valence-corrected chi connectivity index (χ0v) is 16.4. The van der Waals surface area contributed by atoms with Crippen LogP contribution in [0.4, 0.5) is 0 Å². The number of aliphatic hydroxyl groups excluding tert-OH is 1. The van der Waals surface area contributed by atoms with Crippen molar-refractivity contribution in [3.8, 4) is 5.75 Å². The van der Waals surface area contributed by atoms with E-state index >= 15 is 0 Å². The molecule has 0 radical (unpaired) electrons. The molecule has 0 bridgehead atoms. The molecule has 3 rings (SSSR count). The van der Waals surface area contributed by atoms with Crippen LogP contribution < -0.4 is 4.74 Å². The molecule has 1 atom stereocenters. The highest BCUT2D eigenvalue weighted by Crippen LogP contribution is 2.43. The van der Waals surface area contributed by atoms with E-state index in [0.29, 0.717) is 5.92 Å². The van der Waals surface area contributed by atoms with Gasteiger partial charge in [0.05, 0.1) is 6.10 Å². The van der Waals surface area contributed by atoms with Gasteiger partial charge in [-0.25, -0.2) is 0 Å². The van der Waals surface area contributed by atoms with Crippen molar-refractivity contribution in [1.82, 2.24) is 0 Å². The molecule has 0 heterocycles. The van der Waals surface area contributed by atoms with Gasteiger partial charge in [-0.15, -0.1) is 0 Å². The summed E-state index contributed by atoms with van der Waals surface area (Å²) >= 11 is 0. The second-order valence-electron chi connectivity index (χ2n) is 8.45. The SMILES string of the molecule is CC(C)(P)Oc1ccc(C2CCC(C3CCC(O)CC3)CC2)cc1. The molecule has 134 valence electrons. The third-order valence-corrected chi connectivity index (χ3v) is 6.03. The van der Waals surface area contributed by atoms with Crippen LogP contribution in [0.25, 0.3) is 0 Å². The van der Waals surface area contributed by atoms with Crippen molar-refractivity contribution in [2.45, 2.75) is 82.6 Å². The molecular formula is C21H33O2P. The Morgan fingerprint density at radius 3 is 1.88 bits per heavy atom. The molecule has 1 aromatic carbocycles. The predicted octanol–water partition coefficient (Wildman–Crippen LogP) is 5.50. The molecule has 24 heavy (non-hydrogen) atoms. The van der Waals surface area contributed by atoms with Crippen molar-refractivity contribution < 1.29 is 9.84 Å². The Kier molecular flexibility index (Phi) is 5.88. The summed E-state index contributed by atoms with van der Waals surface area (Å²) < 4.78 is 5.89. The first-order valence-electron chi connectivity index (χ1n) is 9.66. The number of benzene rings is 1. The van der Waals surface area contributed by atoms with Crippen LogP contribution in [0, 0.1) is 11.8 Å². The Morgan fingerprint density at radius 1 is 0.875 bits per heavy atom. The maximum absolute atomic E-state index is 9.70. The highest BCUT2D eigenvalue weighted by Gasteiger charge is 2.30. The minimum Gasteiger partial charge on any atom is -0.484 e. The maximum Gasteiger partial charge on any atom is 0.120 e. The van der Waals surface area contributed by atoms with Crippen molar-refractivity contribution in [3.63, 3.8) is 0 Å². The van der Waals surface area contributed by atoms with Crippen molar-refractivity contribution in [2.24, 2.45) is 11.8 Å². The Morgan fingerprint density at radius 2 is 1.38 bits per heavy atom. The lowest BCUT2D eigenvalue weighted by molar-refractivity contribution is 0.0805. The lowest BCUT2D eigenvalue weighted by atomic mass is 9.69. The highest BCUT2D eigenvalue weighted by molar-refractivity contribution is 7.18. The third kappa shape index (κ3) is 4.96. The van der Waals surface area contributed by atoms with Crippen molar-refractivity contribution in [3.05, 3.63) is 29.8 Å². The third-order valence-electron chi connectivity index (χ3n) is 5.91. The van der Waals surface area contributed by atoms with Crippen LogP contribution in [-0.4, -0.2) is 16.6 Å². The average molecular weight is 348 g/mol. The molecule has 2 fully saturated rings. The van der Waals surface area contributed by atoms with Gasteiger partial charge in [0.15, 0.2) is 0 Å². The summed E-state index contributed by atoms with van der Waals surface area (Å²) in [7, 11) is 2.73. The van der Waals surface area contributed by atoms with Crippen molar-refractivity contribution in [2.75, 3.05) is 0 Å². The zero-order chi connectivity index (χ0) is 17.2. The van der Waals surface area contributed by atoms with E-state index < -0.39 is 0 Å². The summed E-state index contributed by atoms with van der Waals surface area (Å²) in [5, 5.41) is 9.48. The number of ether oxygens (including phenoxy) is 1. The number of rotatable bonds is 4. The average Bonchev–Trinajstić information content (AvgIpc) is 2.55. The van der Waals surface area contributed by atoms with Gasteiger partial charge in [-0.05, 0) is 101 Å². The lowest BCUT2D eigenvalue weighted by Crippen LogP contribution is -2.27. The molecular weight excluding hydrogens is 315 g/mol. The first-order chi connectivity index (χ1) is 11.4. The van der Waals surface area contributed by atoms with Crippen LogP contribution in [-0.2, 0) is 0 Å². The van der Waals surface area contributed by atoms with Crippen molar-refractivity contribution >= 4 is 9.24 Å². The smallest absolute Gasteiger partial charge is 0.120 e. The van der Waals surface area contributed by atoms with Crippen molar-refractivity contribution in [1.29, 1.82) is 0 Å². The fourth-order valence-electron chi connectivity index (χ4n) is 4.61. The Hall–Kier alpha value is -0.590. The summed E-state index contributed by atoms with van der Waals surface area (Å²) in [6, 6.07) is 8.76. The van der Waals surface area contributed by atoms with E-state index in [-0.39, 0.29) is 11.4 Å². The van der Waals surface area contributed by atoms with Crippen LogP contribution >= 0.6 is 9.24 Å². The number of hydrogen-bond donors (Lipinski definition) is 1. The second kappa shape index (κ2) is 7.75. The standard InChI is InChI=1S/C21H33O2P/c1-21(2,24)23-20-13-9-18(10-14-20)16-5-3-15(4-6-16)17-7-11-19(22)12-8-17/h9-10,13-17,19,22H,3-8,11-12,24H2,1-2H3. The van der Waals surface area contributed by atoms with E-state index in [1.165, 1.54) is 44.1 Å². The zero-order valence-electron chi connectivity index (χ0n) is 15.2. The van der Waals surface area contributed by atoms with Crippen LogP contribution in [0.15, 0.2) is 24.3 Å². The molecule has 3 heteroatoms. The van der Waals surface area contributed by atoms with Crippen LogP contribution in [0.5, 0.6) is 5.75 Å². The molecule has 0 saturated heterocycles. The highest BCUT2D eigenvalue weighted by atomic mass is 31.0. The minimum absolute atomic E-state index is 0.0233. The summed E-state index contributed by atoms with van der Waals surface area (Å²) in [5.41, 5.74) is 1.47. The van der Waals surface area contributed by atoms with Crippen LogP contribution in [0.3, 0.4) is 0 Å². The van der Waals surface area contributed by atoms with E-state index in [1.54, 1.807) is 0 Å². The van der Waals surface area contributed by atoms with Crippen LogP contribution in [0.2, 0.25) is 0 Å². The molecule has 1 N–H and O–H groups in total. The summed E-state index contributed by atoms with van der Waals surface area (Å²) in [5.74, 6) is 3.44. The van der Waals surface area contributed by atoms with Gasteiger partial charge in [0.1, 0.15) is 11.1 Å². The quantitative estimate of drug-likeness (QED) is 0.728. The molecule has 0 amide bonds. The van der Waals surface area contributed by atoms with E-state index in [0.717, 1.165) is 30.4 Å². The molecule has 1 aromatic rings. The summed E-state index contributed by atoms with van der Waals surface area (Å²) in [6.07, 6.45) is 9.88. The molecule has 1 unspecified atom stereocenters. The second-order valence-corrected chi connectivity index (χ2v) is 9.85. The Bertz CT molecular complexity index is 504. The molecule has 2 saturated carbocycles. The normalized spacial score (nSPS) is 31.7. The molecule has 2 aliphatic rings. The van der Waals surface area contributed by atoms with E-state index in [2.05, 4.69) is 47.4 Å². The summed E-state index contributed by atoms with van der Waals surface area (Å²) in [6.45, 7) is 4.11. The van der Waals surface area contributed by atoms with Gasteiger partial charge < -0.3 is 9.84 Å². The molecule has 0 spiro atoms. The van der Waals surface area contributed by atoms with Gasteiger partial charge in [-0.1, -0.05) is 21.4 Å². The van der Waals surface area contributed by atoms with E-state index in [4.69, 9.17) is 4.74 Å². The predicted molar refractivity (Wildman–Crippen MR) is 104 cm³/mol. The van der Waals surface area contributed by atoms with Gasteiger partial charge in [-0.3, -0.25) is 0 Å².